The molecule has 0 saturated carbocycles. The molecule has 1 aromatic heterocycles. The van der Waals surface area contributed by atoms with Crippen LogP contribution in [0.2, 0.25) is 0 Å². The average molecular weight is 456 g/mol. The predicted molar refractivity (Wildman–Crippen MR) is 110 cm³/mol. The van der Waals surface area contributed by atoms with Crippen LogP contribution in [0.25, 0.3) is 0 Å². The van der Waals surface area contributed by atoms with Crippen molar-refractivity contribution in [1.29, 1.82) is 0 Å². The molecule has 2 rings (SSSR count). The van der Waals surface area contributed by atoms with Gasteiger partial charge in [0, 0.05) is 32.4 Å². The molecule has 0 bridgehead atoms. The quantitative estimate of drug-likeness (QED) is 0.536. The van der Waals surface area contributed by atoms with Crippen LogP contribution in [0.1, 0.15) is 36.5 Å². The van der Waals surface area contributed by atoms with Crippen molar-refractivity contribution in [2.24, 2.45) is 13.0 Å². The van der Waals surface area contributed by atoms with E-state index in [1.165, 1.54) is 26.4 Å². The van der Waals surface area contributed by atoms with Gasteiger partial charge in [-0.3, -0.25) is 9.59 Å². The number of imidazole rings is 1. The molecular weight excluding hydrogens is 429 g/mol. The fraction of sp³-hybridized carbons (Fsp3) is 0.476. The number of para-hydroxylation sites is 1. The van der Waals surface area contributed by atoms with Gasteiger partial charge in [0.1, 0.15) is 17.6 Å². The Morgan fingerprint density at radius 2 is 1.91 bits per heavy atom. The monoisotopic (exact) mass is 456 g/mol. The van der Waals surface area contributed by atoms with Crippen LogP contribution in [-0.2, 0) is 17.4 Å². The topological polar surface area (TPSA) is 105 Å². The van der Waals surface area contributed by atoms with E-state index in [9.17, 15) is 27.9 Å². The summed E-state index contributed by atoms with van der Waals surface area (Å²) >= 11 is 0. The standard InChI is InChI=1S/C21H27F3N4O4/c1-13(2)16(27-17(29)14-7-5-6-8-15(14)32-4)18(30)25-10-9-20(31,21(22,23)24)19-26-11-12-28(19)3/h5-8,11-13,16,31H,9-10H2,1-4H3,(H,25,30)(H,27,29). The number of alkyl halides is 3. The molecule has 0 spiro atoms. The van der Waals surface area contributed by atoms with Crippen molar-refractivity contribution in [3.8, 4) is 5.75 Å². The van der Waals surface area contributed by atoms with Crippen molar-refractivity contribution >= 4 is 11.8 Å². The highest BCUT2D eigenvalue weighted by Crippen LogP contribution is 2.40. The number of aliphatic hydroxyl groups is 1. The third-order valence-corrected chi connectivity index (χ3v) is 5.03. The highest BCUT2D eigenvalue weighted by molar-refractivity contribution is 5.99. The van der Waals surface area contributed by atoms with E-state index >= 15 is 0 Å². The molecule has 2 atom stereocenters. The minimum atomic E-state index is -5.01. The first-order valence-electron chi connectivity index (χ1n) is 9.91. The van der Waals surface area contributed by atoms with E-state index in [0.717, 1.165) is 10.8 Å². The molecule has 1 heterocycles. The van der Waals surface area contributed by atoms with Crippen LogP contribution < -0.4 is 15.4 Å². The first kappa shape index (κ1) is 25.2. The second kappa shape index (κ2) is 10.0. The molecule has 0 aliphatic heterocycles. The van der Waals surface area contributed by atoms with E-state index in [4.69, 9.17) is 4.74 Å². The molecule has 1 aromatic carbocycles. The zero-order valence-corrected chi connectivity index (χ0v) is 18.2. The Morgan fingerprint density at radius 1 is 1.25 bits per heavy atom. The Bertz CT molecular complexity index is 945. The van der Waals surface area contributed by atoms with E-state index < -0.39 is 48.4 Å². The SMILES string of the molecule is COc1ccccc1C(=O)NC(C(=O)NCCC(O)(c1nccn1C)C(F)(F)F)C(C)C. The van der Waals surface area contributed by atoms with Gasteiger partial charge in [0.15, 0.2) is 0 Å². The molecule has 2 unspecified atom stereocenters. The number of aryl methyl sites for hydroxylation is 1. The minimum absolute atomic E-state index is 0.217. The second-order valence-corrected chi connectivity index (χ2v) is 7.66. The number of rotatable bonds is 9. The smallest absolute Gasteiger partial charge is 0.424 e. The molecular formula is C21H27F3N4O4. The van der Waals surface area contributed by atoms with Crippen LogP contribution in [0.3, 0.4) is 0 Å². The van der Waals surface area contributed by atoms with E-state index in [2.05, 4.69) is 15.6 Å². The van der Waals surface area contributed by atoms with Crippen molar-refractivity contribution < 1.29 is 32.6 Å². The van der Waals surface area contributed by atoms with Crippen LogP contribution in [-0.4, -0.2) is 52.3 Å². The maximum atomic E-state index is 13.6. The Labute approximate surface area is 183 Å². The fourth-order valence-corrected chi connectivity index (χ4v) is 3.21. The molecule has 0 saturated heterocycles. The summed E-state index contributed by atoms with van der Waals surface area (Å²) < 4.78 is 47.0. The third-order valence-electron chi connectivity index (χ3n) is 5.03. The van der Waals surface area contributed by atoms with Crippen molar-refractivity contribution in [3.63, 3.8) is 0 Å². The Balaban J connectivity index is 2.10. The number of carbonyl (C=O) groups excluding carboxylic acids is 2. The van der Waals surface area contributed by atoms with Gasteiger partial charge in [-0.05, 0) is 18.1 Å². The van der Waals surface area contributed by atoms with Gasteiger partial charge in [-0.1, -0.05) is 26.0 Å². The Morgan fingerprint density at radius 3 is 2.44 bits per heavy atom. The molecule has 0 fully saturated rings. The summed E-state index contributed by atoms with van der Waals surface area (Å²) in [5.41, 5.74) is -3.03. The number of hydrogen-bond acceptors (Lipinski definition) is 5. The number of ether oxygens (including phenoxy) is 1. The molecule has 3 N–H and O–H groups in total. The van der Waals surface area contributed by atoms with Crippen LogP contribution in [0.5, 0.6) is 5.75 Å². The lowest BCUT2D eigenvalue weighted by Crippen LogP contribution is -2.51. The van der Waals surface area contributed by atoms with Crippen molar-refractivity contribution in [3.05, 3.63) is 48.0 Å². The number of nitrogens with zero attached hydrogens (tertiary/aromatic N) is 2. The molecule has 8 nitrogen and oxygen atoms in total. The maximum Gasteiger partial charge on any atom is 0.424 e. The van der Waals surface area contributed by atoms with Gasteiger partial charge in [0.25, 0.3) is 5.91 Å². The van der Waals surface area contributed by atoms with Gasteiger partial charge < -0.3 is 25.0 Å². The van der Waals surface area contributed by atoms with Gasteiger partial charge >= 0.3 is 6.18 Å². The highest BCUT2D eigenvalue weighted by atomic mass is 19.4. The Hall–Kier alpha value is -3.08. The van der Waals surface area contributed by atoms with Gasteiger partial charge in [-0.2, -0.15) is 13.2 Å². The number of halogens is 3. The first-order valence-corrected chi connectivity index (χ1v) is 9.91. The molecule has 11 heteroatoms. The second-order valence-electron chi connectivity index (χ2n) is 7.66. The fourth-order valence-electron chi connectivity index (χ4n) is 3.21. The molecule has 0 aliphatic rings. The van der Waals surface area contributed by atoms with Crippen LogP contribution >= 0.6 is 0 Å². The number of benzene rings is 1. The third kappa shape index (κ3) is 5.39. The number of amides is 2. The molecule has 0 aliphatic carbocycles. The summed E-state index contributed by atoms with van der Waals surface area (Å²) in [6.45, 7) is 2.88. The number of hydrogen-bond donors (Lipinski definition) is 3. The lowest BCUT2D eigenvalue weighted by molar-refractivity contribution is -0.272. The highest BCUT2D eigenvalue weighted by Gasteiger charge is 2.57. The van der Waals surface area contributed by atoms with Gasteiger partial charge in [0.2, 0.25) is 11.5 Å². The molecule has 32 heavy (non-hydrogen) atoms. The summed E-state index contributed by atoms with van der Waals surface area (Å²) in [7, 11) is 2.74. The van der Waals surface area contributed by atoms with Crippen molar-refractivity contribution in [2.45, 2.75) is 38.1 Å². The maximum absolute atomic E-state index is 13.6. The number of nitrogens with one attached hydrogen (secondary N) is 2. The Kier molecular flexibility index (Phi) is 7.89. The first-order chi connectivity index (χ1) is 14.9. The van der Waals surface area contributed by atoms with Crippen molar-refractivity contribution in [1.82, 2.24) is 20.2 Å². The van der Waals surface area contributed by atoms with Crippen molar-refractivity contribution in [2.75, 3.05) is 13.7 Å². The summed E-state index contributed by atoms with van der Waals surface area (Å²) in [5, 5.41) is 15.3. The zero-order chi connectivity index (χ0) is 24.1. The number of carbonyl (C=O) groups is 2. The molecule has 2 aromatic rings. The normalized spacial score (nSPS) is 14.5. The van der Waals surface area contributed by atoms with E-state index in [1.807, 2.05) is 0 Å². The van der Waals surface area contributed by atoms with E-state index in [1.54, 1.807) is 32.0 Å². The zero-order valence-electron chi connectivity index (χ0n) is 18.2. The molecule has 176 valence electrons. The van der Waals surface area contributed by atoms with E-state index in [0.29, 0.717) is 5.75 Å². The van der Waals surface area contributed by atoms with Crippen LogP contribution in [0, 0.1) is 5.92 Å². The number of methoxy groups -OCH3 is 1. The summed E-state index contributed by atoms with van der Waals surface area (Å²) in [6.07, 6.45) is -3.43. The van der Waals surface area contributed by atoms with Gasteiger partial charge in [0.05, 0.1) is 12.7 Å². The summed E-state index contributed by atoms with van der Waals surface area (Å²) in [6, 6.07) is 5.43. The van der Waals surface area contributed by atoms with Crippen LogP contribution in [0.15, 0.2) is 36.7 Å². The average Bonchev–Trinajstić information content (AvgIpc) is 3.16. The largest absolute Gasteiger partial charge is 0.496 e. The van der Waals surface area contributed by atoms with Gasteiger partial charge in [-0.15, -0.1) is 0 Å². The van der Waals surface area contributed by atoms with Crippen LogP contribution in [0.4, 0.5) is 13.2 Å². The van der Waals surface area contributed by atoms with E-state index in [-0.39, 0.29) is 11.5 Å². The predicted octanol–water partition coefficient (Wildman–Crippen LogP) is 2.14. The number of aromatic nitrogens is 2. The molecule has 2 amide bonds. The van der Waals surface area contributed by atoms with Gasteiger partial charge in [-0.25, -0.2) is 4.98 Å². The molecule has 0 radical (unpaired) electrons. The lowest BCUT2D eigenvalue weighted by Gasteiger charge is -2.30. The minimum Gasteiger partial charge on any atom is -0.496 e. The lowest BCUT2D eigenvalue weighted by atomic mass is 9.97. The summed E-state index contributed by atoms with van der Waals surface area (Å²) in [5.74, 6) is -1.85. The summed E-state index contributed by atoms with van der Waals surface area (Å²) in [4.78, 5) is 28.9.